The van der Waals surface area contributed by atoms with Gasteiger partial charge in [-0.05, 0) is 22.4 Å². The number of aromatic nitrogens is 5. The van der Waals surface area contributed by atoms with E-state index in [1.165, 1.54) is 12.4 Å². The van der Waals surface area contributed by atoms with Crippen molar-refractivity contribution in [1.29, 1.82) is 0 Å². The number of alkyl halides is 3. The number of fused-ring (bicyclic) bond motifs is 2. The number of H-pyrrole nitrogens is 1. The summed E-state index contributed by atoms with van der Waals surface area (Å²) < 4.78 is 42.6. The second kappa shape index (κ2) is 6.67. The molecule has 0 bridgehead atoms. The van der Waals surface area contributed by atoms with Crippen LogP contribution >= 0.6 is 27.5 Å². The first-order chi connectivity index (χ1) is 15.2. The fraction of sp³-hybridized carbons (Fsp3) is 0.300. The molecule has 0 aliphatic heterocycles. The maximum atomic E-state index is 15.3. The average Bonchev–Trinajstić information content (AvgIpc) is 3.44. The van der Waals surface area contributed by atoms with Gasteiger partial charge in [-0.1, -0.05) is 11.6 Å². The van der Waals surface area contributed by atoms with E-state index in [1.807, 2.05) is 0 Å². The molecule has 0 spiro atoms. The second-order valence-electron chi connectivity index (χ2n) is 8.10. The van der Waals surface area contributed by atoms with Crippen molar-refractivity contribution in [3.05, 3.63) is 41.2 Å². The number of nitrogens with zero attached hydrogens (tertiary/aromatic N) is 4. The Morgan fingerprint density at radius 1 is 1.38 bits per heavy atom. The largest absolute Gasteiger partial charge is 0.309 e. The number of halogens is 5. The summed E-state index contributed by atoms with van der Waals surface area (Å²) in [4.78, 5) is 20.6. The fourth-order valence-corrected chi connectivity index (χ4v) is 4.84. The molecule has 2 aliphatic rings. The van der Waals surface area contributed by atoms with Gasteiger partial charge >= 0.3 is 0 Å². The average molecular weight is 526 g/mol. The molecule has 3 heterocycles. The fourth-order valence-electron chi connectivity index (χ4n) is 3.98. The summed E-state index contributed by atoms with van der Waals surface area (Å²) in [5.74, 6) is -2.22. The standard InChI is InChI=1S/C20H13BrClF3N6O/c21-20(25)2-9(20)15-17(24)16(22)14(8-3-27-30-18(8)15)11-5-31-6-12(28-13(31)4-26-11)29-19(32)7-1-10(7)23/h3-7,9-10H,1-2H2,(H,27,30)(H,29,32)/t7-,9?,10+,20?/m1/s1. The number of rotatable bonds is 4. The van der Waals surface area contributed by atoms with E-state index in [-0.39, 0.29) is 29.2 Å². The molecule has 4 atom stereocenters. The number of carbonyl (C=O) groups excluding carboxylic acids is 1. The number of benzene rings is 1. The normalized spacial score (nSPS) is 26.6. The first-order valence-corrected chi connectivity index (χ1v) is 10.9. The summed E-state index contributed by atoms with van der Waals surface area (Å²) in [5, 5.41) is 9.65. The lowest BCUT2D eigenvalue weighted by molar-refractivity contribution is -0.117. The summed E-state index contributed by atoms with van der Waals surface area (Å²) in [5.41, 5.74) is 1.56. The molecule has 12 heteroatoms. The molecule has 3 aromatic heterocycles. The van der Waals surface area contributed by atoms with Crippen molar-refractivity contribution >= 4 is 55.8 Å². The molecule has 1 amide bonds. The van der Waals surface area contributed by atoms with Gasteiger partial charge in [-0.25, -0.2) is 18.2 Å². The van der Waals surface area contributed by atoms with Crippen molar-refractivity contribution in [1.82, 2.24) is 24.6 Å². The molecule has 1 aromatic carbocycles. The van der Waals surface area contributed by atoms with E-state index < -0.39 is 34.3 Å². The predicted molar refractivity (Wildman–Crippen MR) is 115 cm³/mol. The van der Waals surface area contributed by atoms with Crippen LogP contribution in [0.25, 0.3) is 27.8 Å². The van der Waals surface area contributed by atoms with Gasteiger partial charge in [0.1, 0.15) is 12.0 Å². The van der Waals surface area contributed by atoms with Crippen LogP contribution in [-0.4, -0.2) is 41.2 Å². The number of hydrogen-bond donors (Lipinski definition) is 2. The van der Waals surface area contributed by atoms with Crippen LogP contribution in [0.5, 0.6) is 0 Å². The molecule has 0 saturated heterocycles. The molecule has 164 valence electrons. The van der Waals surface area contributed by atoms with E-state index in [9.17, 15) is 13.6 Å². The lowest BCUT2D eigenvalue weighted by atomic mass is 10.00. The van der Waals surface area contributed by atoms with Crippen molar-refractivity contribution in [2.75, 3.05) is 5.32 Å². The van der Waals surface area contributed by atoms with Crippen LogP contribution in [0.3, 0.4) is 0 Å². The SMILES string of the molecule is O=C(Nc1cn2cc(-c3c(Cl)c(F)c(C4CC4(F)Br)c4[nH]ncc34)ncc2n1)[C@@H]1C[C@@H]1F. The van der Waals surface area contributed by atoms with Gasteiger partial charge in [0.25, 0.3) is 0 Å². The summed E-state index contributed by atoms with van der Waals surface area (Å²) in [6.07, 6.45) is 5.30. The van der Waals surface area contributed by atoms with Crippen molar-refractivity contribution in [3.8, 4) is 11.3 Å². The van der Waals surface area contributed by atoms with E-state index in [2.05, 4.69) is 41.4 Å². The van der Waals surface area contributed by atoms with Crippen molar-refractivity contribution in [2.24, 2.45) is 5.92 Å². The van der Waals surface area contributed by atoms with Crippen LogP contribution in [0.1, 0.15) is 24.3 Å². The van der Waals surface area contributed by atoms with Crippen molar-refractivity contribution < 1.29 is 18.0 Å². The van der Waals surface area contributed by atoms with E-state index in [0.29, 0.717) is 27.8 Å². The molecule has 6 rings (SSSR count). The number of imidazole rings is 1. The molecule has 7 nitrogen and oxygen atoms in total. The second-order valence-corrected chi connectivity index (χ2v) is 9.80. The lowest BCUT2D eigenvalue weighted by Gasteiger charge is -2.12. The maximum absolute atomic E-state index is 15.3. The number of anilines is 1. The van der Waals surface area contributed by atoms with E-state index >= 15 is 4.39 Å². The lowest BCUT2D eigenvalue weighted by Crippen LogP contribution is -2.15. The summed E-state index contributed by atoms with van der Waals surface area (Å²) in [7, 11) is 0. The zero-order chi connectivity index (χ0) is 22.4. The Labute approximate surface area is 191 Å². The molecule has 2 aliphatic carbocycles. The highest BCUT2D eigenvalue weighted by molar-refractivity contribution is 9.10. The van der Waals surface area contributed by atoms with E-state index in [1.54, 1.807) is 16.8 Å². The van der Waals surface area contributed by atoms with Crippen molar-refractivity contribution in [3.63, 3.8) is 0 Å². The van der Waals surface area contributed by atoms with Crippen LogP contribution in [0, 0.1) is 11.7 Å². The van der Waals surface area contributed by atoms with Gasteiger partial charge in [-0.2, -0.15) is 5.10 Å². The van der Waals surface area contributed by atoms with E-state index in [4.69, 9.17) is 11.6 Å². The monoisotopic (exact) mass is 524 g/mol. The number of hydrogen-bond acceptors (Lipinski definition) is 4. The van der Waals surface area contributed by atoms with Crippen LogP contribution in [-0.2, 0) is 4.79 Å². The molecule has 2 unspecified atom stereocenters. The molecule has 0 radical (unpaired) electrons. The first kappa shape index (κ1) is 20.0. The quantitative estimate of drug-likeness (QED) is 0.371. The Morgan fingerprint density at radius 3 is 2.81 bits per heavy atom. The molecular formula is C20H13BrClF3N6O. The number of amides is 1. The van der Waals surface area contributed by atoms with Gasteiger partial charge in [0.05, 0.1) is 40.7 Å². The zero-order valence-electron chi connectivity index (χ0n) is 16.0. The van der Waals surface area contributed by atoms with Gasteiger partial charge in [-0.3, -0.25) is 14.9 Å². The molecule has 32 heavy (non-hydrogen) atoms. The third kappa shape index (κ3) is 3.01. The smallest absolute Gasteiger partial charge is 0.231 e. The maximum Gasteiger partial charge on any atom is 0.231 e. The Morgan fingerprint density at radius 2 is 2.12 bits per heavy atom. The van der Waals surface area contributed by atoms with Crippen molar-refractivity contribution in [2.45, 2.75) is 29.5 Å². The topological polar surface area (TPSA) is 88.0 Å². The van der Waals surface area contributed by atoms with Gasteiger partial charge in [0.15, 0.2) is 16.0 Å². The third-order valence-corrected chi connectivity index (χ3v) is 7.13. The highest BCUT2D eigenvalue weighted by Gasteiger charge is 2.56. The number of aromatic amines is 1. The molecule has 2 fully saturated rings. The predicted octanol–water partition coefficient (Wildman–Crippen LogP) is 4.91. The van der Waals surface area contributed by atoms with Gasteiger partial charge in [0.2, 0.25) is 5.91 Å². The molecular weight excluding hydrogens is 513 g/mol. The minimum atomic E-state index is -1.67. The van der Waals surface area contributed by atoms with Gasteiger partial charge in [-0.15, -0.1) is 0 Å². The molecule has 2 N–H and O–H groups in total. The Balaban J connectivity index is 1.43. The van der Waals surface area contributed by atoms with Crippen LogP contribution in [0.15, 0.2) is 24.8 Å². The Bertz CT molecular complexity index is 1440. The van der Waals surface area contributed by atoms with Gasteiger partial charge in [0, 0.05) is 35.0 Å². The van der Waals surface area contributed by atoms with Crippen LogP contribution in [0.2, 0.25) is 5.02 Å². The van der Waals surface area contributed by atoms with Gasteiger partial charge < -0.3 is 9.72 Å². The Hall–Kier alpha value is -2.66. The number of nitrogens with one attached hydrogen (secondary N) is 2. The highest BCUT2D eigenvalue weighted by atomic mass is 79.9. The summed E-state index contributed by atoms with van der Waals surface area (Å²) >= 11 is 9.37. The van der Waals surface area contributed by atoms with Crippen LogP contribution in [0.4, 0.5) is 19.0 Å². The molecule has 2 saturated carbocycles. The summed E-state index contributed by atoms with van der Waals surface area (Å²) in [6, 6.07) is 0. The third-order valence-electron chi connectivity index (χ3n) is 5.90. The van der Waals surface area contributed by atoms with E-state index in [0.717, 1.165) is 0 Å². The Kier molecular flexibility index (Phi) is 4.17. The minimum Gasteiger partial charge on any atom is -0.309 e. The minimum absolute atomic E-state index is 0.130. The highest BCUT2D eigenvalue weighted by Crippen LogP contribution is 2.61. The van der Waals surface area contributed by atoms with Crippen LogP contribution < -0.4 is 5.32 Å². The zero-order valence-corrected chi connectivity index (χ0v) is 18.4. The summed E-state index contributed by atoms with van der Waals surface area (Å²) in [6.45, 7) is 0. The molecule has 4 aromatic rings. The first-order valence-electron chi connectivity index (χ1n) is 9.76. The number of carbonyl (C=O) groups is 1.